The topological polar surface area (TPSA) is 391 Å². The number of nitriles is 2. The number of Topliss-reactive ketones (excluding diaryl/α,β-unsaturated/α-hetero) is 1. The molecular weight excluding hydrogens is 1530 g/mol. The van der Waals surface area contributed by atoms with Gasteiger partial charge in [0, 0.05) is 207 Å². The number of hydrogen-bond donors (Lipinski definition) is 6. The van der Waals surface area contributed by atoms with E-state index in [1.807, 2.05) is 18.2 Å². The van der Waals surface area contributed by atoms with E-state index >= 15 is 0 Å². The average Bonchev–Trinajstić information content (AvgIpc) is 0.778. The highest BCUT2D eigenvalue weighted by Crippen LogP contribution is 2.38. The fourth-order valence-electron chi connectivity index (χ4n) is 14.2. The van der Waals surface area contributed by atoms with Crippen molar-refractivity contribution in [1.82, 2.24) is 4.98 Å². The molecule has 0 radical (unpaired) electrons. The lowest BCUT2D eigenvalue weighted by atomic mass is 10.1. The summed E-state index contributed by atoms with van der Waals surface area (Å²) in [5.74, 6) is 1.46. The van der Waals surface area contributed by atoms with Gasteiger partial charge in [0.2, 0.25) is 0 Å². The van der Waals surface area contributed by atoms with E-state index in [4.69, 9.17) is 61.7 Å². The Kier molecular flexibility index (Phi) is 25.8. The van der Waals surface area contributed by atoms with Crippen LogP contribution in [0.1, 0.15) is 21.5 Å². The summed E-state index contributed by atoms with van der Waals surface area (Å²) >= 11 is 0. The second kappa shape index (κ2) is 37.7. The van der Waals surface area contributed by atoms with Gasteiger partial charge in [0.25, 0.3) is 0 Å². The third kappa shape index (κ3) is 19.2. The maximum Gasteiger partial charge on any atom is 0.197 e. The predicted octanol–water partition coefficient (Wildman–Crippen LogP) is 11.6. The summed E-state index contributed by atoms with van der Waals surface area (Å²) in [5.41, 5.74) is 8.24. The Labute approximate surface area is 679 Å². The Morgan fingerprint density at radius 3 is 1.05 bits per heavy atom. The van der Waals surface area contributed by atoms with E-state index in [0.29, 0.717) is 165 Å². The molecule has 5 aliphatic heterocycles. The number of aromatic hydroxyl groups is 5. The van der Waals surface area contributed by atoms with Crippen molar-refractivity contribution < 1.29 is 81.5 Å². The molecule has 5 aromatic heterocycles. The first-order valence-corrected chi connectivity index (χ1v) is 38.3. The van der Waals surface area contributed by atoms with Gasteiger partial charge in [-0.05, 0) is 84.9 Å². The molecule has 18 rings (SSSR count). The molecule has 10 heterocycles. The first-order valence-electron chi connectivity index (χ1n) is 38.3. The Morgan fingerprint density at radius 2 is 0.714 bits per heavy atom. The fraction of sp³-hybridized carbons (Fsp3) is 0.244. The highest BCUT2D eigenvalue weighted by molar-refractivity contribution is 6.00. The Morgan fingerprint density at radius 1 is 0.378 bits per heavy atom. The van der Waals surface area contributed by atoms with Gasteiger partial charge in [0.1, 0.15) is 108 Å². The number of morpholine rings is 5. The summed E-state index contributed by atoms with van der Waals surface area (Å²) in [7, 11) is 1.60. The standard InChI is InChI=1S/2C20H16N2O4.C20H19NO5.C18H16N2O4.C12H15NO4/c21-12-13-1-3-14(4-2-13)18-11-17(24)20-16(23)9-15(10-19(20)26-18)22-5-7-25-8-6-22;21-12-13-2-1-3-14(8-13)18-11-17(24)20-16(23)9-15(10-19(20)26-18)22-4-6-25-7-5-22;1-24-15-4-2-13(3-5-15)18-12-17(23)20-16(22)10-14(11-19(20)26-18)21-6-8-25-9-7-21;21-14-8-13(20-4-6-23-7-5-20)9-17-18(14)15(22)10-16(24-17)12-2-1-3-19-11-12;14-8-12(16)10-2-1-9(7-11(10)15)13-3-5-17-6-4-13/h1-4,9-11,23H,5-8H2;1-3,8-11,23H,4-7H2;2-5,10-12,22H,6-9H2,1H3;1-3,8-11,21H,4-7H2;1-2,7,14-15H,3-6,8H2. The third-order valence-electron chi connectivity index (χ3n) is 20.4. The monoisotopic (exact) mass is 1610 g/mol. The van der Waals surface area contributed by atoms with Gasteiger partial charge in [-0.2, -0.15) is 10.5 Å². The number of rotatable bonds is 12. The summed E-state index contributed by atoms with van der Waals surface area (Å²) in [6.45, 7) is 13.1. The van der Waals surface area contributed by atoms with Crippen LogP contribution in [-0.2, 0) is 23.7 Å². The minimum atomic E-state index is -0.593. The van der Waals surface area contributed by atoms with Gasteiger partial charge in [-0.3, -0.25) is 29.0 Å². The third-order valence-corrected chi connectivity index (χ3v) is 20.4. The van der Waals surface area contributed by atoms with Crippen molar-refractivity contribution in [3.05, 3.63) is 246 Å². The smallest absolute Gasteiger partial charge is 0.197 e. The Hall–Kier alpha value is -14.0. The van der Waals surface area contributed by atoms with Crippen LogP contribution in [0.4, 0.5) is 28.4 Å². The molecule has 0 bridgehead atoms. The lowest BCUT2D eigenvalue weighted by Gasteiger charge is -2.29. The summed E-state index contributed by atoms with van der Waals surface area (Å²) in [4.78, 5) is 75.7. The first-order chi connectivity index (χ1) is 57.9. The fourth-order valence-corrected chi connectivity index (χ4v) is 14.2. The van der Waals surface area contributed by atoms with Crippen LogP contribution in [0.2, 0.25) is 0 Å². The molecule has 13 aromatic rings. The lowest BCUT2D eigenvalue weighted by molar-refractivity contribution is 0.0900. The number of carbonyl (C=O) groups is 1. The van der Waals surface area contributed by atoms with Gasteiger partial charge in [-0.15, -0.1) is 0 Å². The molecule has 29 nitrogen and oxygen atoms in total. The van der Waals surface area contributed by atoms with Crippen molar-refractivity contribution in [3.8, 4) is 91.9 Å². The predicted molar refractivity (Wildman–Crippen MR) is 447 cm³/mol. The van der Waals surface area contributed by atoms with Gasteiger partial charge in [0.05, 0.1) is 102 Å². The van der Waals surface area contributed by atoms with Crippen LogP contribution in [-0.4, -0.2) is 187 Å². The number of phenols is 5. The summed E-state index contributed by atoms with van der Waals surface area (Å²) < 4.78 is 55.5. The van der Waals surface area contributed by atoms with E-state index in [0.717, 1.165) is 79.0 Å². The normalized spacial score (nSPS) is 14.7. The molecule has 6 N–H and O–H groups in total. The number of pyridine rings is 1. The number of fused-ring (bicyclic) bond motifs is 4. The number of ketones is 1. The number of aliphatic hydroxyl groups is 1. The van der Waals surface area contributed by atoms with Crippen molar-refractivity contribution in [2.24, 2.45) is 0 Å². The number of hydrogen-bond acceptors (Lipinski definition) is 29. The van der Waals surface area contributed by atoms with Gasteiger partial charge in [-0.1, -0.05) is 12.1 Å². The molecule has 8 aromatic carbocycles. The second-order valence-electron chi connectivity index (χ2n) is 27.9. The molecule has 0 unspecified atom stereocenters. The van der Waals surface area contributed by atoms with E-state index in [-0.39, 0.29) is 77.6 Å². The molecular formula is C90H82N8O21. The summed E-state index contributed by atoms with van der Waals surface area (Å²) in [5, 5.41) is 78.5. The molecule has 5 saturated heterocycles. The number of ether oxygens (including phenoxy) is 6. The quantitative estimate of drug-likeness (QED) is 0.0619. The maximum atomic E-state index is 12.5. The highest BCUT2D eigenvalue weighted by Gasteiger charge is 2.24. The molecule has 0 saturated carbocycles. The first kappa shape index (κ1) is 81.5. The van der Waals surface area contributed by atoms with Gasteiger partial charge in [-0.25, -0.2) is 0 Å². The molecule has 0 aliphatic carbocycles. The summed E-state index contributed by atoms with van der Waals surface area (Å²) in [6.07, 6.45) is 3.29. The number of nitrogens with zero attached hydrogens (tertiary/aromatic N) is 8. The SMILES string of the molecule is COc1ccc(-c2cc(=O)c3c(O)cc(N4CCOCC4)cc3o2)cc1.N#Cc1ccc(-c2cc(=O)c3c(O)cc(N4CCOCC4)cc3o2)cc1.N#Cc1cccc(-c2cc(=O)c3c(O)cc(N4CCOCC4)cc3o2)c1.O=C(CO)c1ccc(N2CCOCC2)cc1O.O=c1cc(-c2cccnc2)oc2cc(N3CCOCC3)cc(O)c12. The maximum absolute atomic E-state index is 12.5. The molecule has 119 heavy (non-hydrogen) atoms. The van der Waals surface area contributed by atoms with Crippen molar-refractivity contribution in [3.63, 3.8) is 0 Å². The van der Waals surface area contributed by atoms with Crippen LogP contribution in [0.5, 0.6) is 34.5 Å². The van der Waals surface area contributed by atoms with Crippen LogP contribution in [0, 0.1) is 22.7 Å². The number of phenolic OH excluding ortho intramolecular Hbond substituents is 5. The van der Waals surface area contributed by atoms with Crippen LogP contribution >= 0.6 is 0 Å². The van der Waals surface area contributed by atoms with Gasteiger partial charge >= 0.3 is 0 Å². The largest absolute Gasteiger partial charge is 0.507 e. The van der Waals surface area contributed by atoms with Crippen LogP contribution in [0.3, 0.4) is 0 Å². The van der Waals surface area contributed by atoms with Crippen molar-refractivity contribution in [1.29, 1.82) is 10.5 Å². The number of aliphatic hydroxyl groups excluding tert-OH is 1. The Balaban J connectivity index is 0.000000123. The van der Waals surface area contributed by atoms with Crippen molar-refractivity contribution in [2.75, 3.05) is 170 Å². The number of aromatic nitrogens is 1. The number of carbonyl (C=O) groups excluding carboxylic acids is 1. The molecule has 608 valence electrons. The van der Waals surface area contributed by atoms with Gasteiger partial charge < -0.3 is 101 Å². The second-order valence-corrected chi connectivity index (χ2v) is 27.9. The Bertz CT molecular complexity index is 6170. The van der Waals surface area contributed by atoms with Crippen LogP contribution in [0.25, 0.3) is 89.2 Å². The van der Waals surface area contributed by atoms with E-state index in [9.17, 15) is 49.5 Å². The number of anilines is 5. The van der Waals surface area contributed by atoms with Crippen molar-refractivity contribution >= 4 is 78.1 Å². The zero-order valence-electron chi connectivity index (χ0n) is 64.6. The molecule has 5 aliphatic rings. The van der Waals surface area contributed by atoms with Crippen LogP contribution in [0.15, 0.2) is 225 Å². The lowest BCUT2D eigenvalue weighted by Crippen LogP contribution is -2.36. The number of methoxy groups -OCH3 is 1. The van der Waals surface area contributed by atoms with E-state index in [1.54, 1.807) is 153 Å². The molecule has 0 amide bonds. The van der Waals surface area contributed by atoms with E-state index in [1.165, 1.54) is 24.3 Å². The zero-order chi connectivity index (χ0) is 83.1. The minimum absolute atomic E-state index is 0.0690. The summed E-state index contributed by atoms with van der Waals surface area (Å²) in [6, 6.07) is 52.5. The van der Waals surface area contributed by atoms with E-state index < -0.39 is 12.4 Å². The minimum Gasteiger partial charge on any atom is -0.507 e. The number of benzene rings is 8. The van der Waals surface area contributed by atoms with Gasteiger partial charge in [0.15, 0.2) is 27.5 Å². The molecule has 5 fully saturated rings. The zero-order valence-corrected chi connectivity index (χ0v) is 64.6. The molecule has 0 spiro atoms. The molecule has 0 atom stereocenters. The van der Waals surface area contributed by atoms with E-state index in [2.05, 4.69) is 41.6 Å². The molecule has 29 heteroatoms. The average molecular weight is 1610 g/mol. The van der Waals surface area contributed by atoms with Crippen LogP contribution < -0.4 is 51.0 Å². The highest BCUT2D eigenvalue weighted by atomic mass is 16.5. The van der Waals surface area contributed by atoms with Crippen molar-refractivity contribution in [2.45, 2.75) is 0 Å².